The van der Waals surface area contributed by atoms with Crippen LogP contribution in [0.3, 0.4) is 0 Å². The van der Waals surface area contributed by atoms with E-state index in [1.165, 1.54) is 6.08 Å². The van der Waals surface area contributed by atoms with Gasteiger partial charge in [0.1, 0.15) is 0 Å². The zero-order chi connectivity index (χ0) is 11.0. The third-order valence-corrected chi connectivity index (χ3v) is 3.71. The highest BCUT2D eigenvalue weighted by molar-refractivity contribution is 6.30. The van der Waals surface area contributed by atoms with Crippen LogP contribution in [0.5, 0.6) is 0 Å². The maximum atomic E-state index is 11.1. The van der Waals surface area contributed by atoms with Crippen LogP contribution in [0.25, 0.3) is 0 Å². The van der Waals surface area contributed by atoms with Crippen molar-refractivity contribution in [2.24, 2.45) is 17.8 Å². The molecular formula is C12H15ClO2. The highest BCUT2D eigenvalue weighted by atomic mass is 35.5. The molecule has 2 nitrogen and oxygen atoms in total. The summed E-state index contributed by atoms with van der Waals surface area (Å²) in [7, 11) is 0. The third-order valence-electron chi connectivity index (χ3n) is 3.34. The van der Waals surface area contributed by atoms with E-state index >= 15 is 0 Å². The van der Waals surface area contributed by atoms with Crippen LogP contribution in [-0.4, -0.2) is 12.6 Å². The topological polar surface area (TPSA) is 26.3 Å². The van der Waals surface area contributed by atoms with Crippen molar-refractivity contribution in [1.29, 1.82) is 0 Å². The second kappa shape index (κ2) is 4.01. The van der Waals surface area contributed by atoms with Crippen molar-refractivity contribution in [2.45, 2.75) is 20.3 Å². The SMILES string of the molecule is CCOC(=O)/C=C/C1=C(Cl)C[C@@H]2[C@H](C)[C@H]12. The molecule has 15 heavy (non-hydrogen) atoms. The number of hydrogen-bond donors (Lipinski definition) is 0. The first kappa shape index (κ1) is 10.7. The average Bonchev–Trinajstić information content (AvgIpc) is 2.68. The molecule has 0 bridgehead atoms. The zero-order valence-corrected chi connectivity index (χ0v) is 9.75. The lowest BCUT2D eigenvalue weighted by molar-refractivity contribution is -0.137. The van der Waals surface area contributed by atoms with Gasteiger partial charge in [-0.05, 0) is 36.7 Å². The fraction of sp³-hybridized carbons (Fsp3) is 0.583. The number of rotatable bonds is 3. The number of carbonyl (C=O) groups excluding carboxylic acids is 1. The fourth-order valence-electron chi connectivity index (χ4n) is 2.43. The van der Waals surface area contributed by atoms with Gasteiger partial charge in [0.2, 0.25) is 0 Å². The molecule has 0 saturated heterocycles. The van der Waals surface area contributed by atoms with Crippen LogP contribution in [0.4, 0.5) is 0 Å². The molecule has 0 aromatic carbocycles. The van der Waals surface area contributed by atoms with Crippen molar-refractivity contribution in [3.63, 3.8) is 0 Å². The smallest absolute Gasteiger partial charge is 0.330 e. The van der Waals surface area contributed by atoms with Gasteiger partial charge in [-0.15, -0.1) is 0 Å². The lowest BCUT2D eigenvalue weighted by atomic mass is 10.1. The number of fused-ring (bicyclic) bond motifs is 1. The molecule has 0 unspecified atom stereocenters. The second-order valence-electron chi connectivity index (χ2n) is 4.20. The van der Waals surface area contributed by atoms with Crippen molar-refractivity contribution < 1.29 is 9.53 Å². The van der Waals surface area contributed by atoms with Crippen LogP contribution in [0, 0.1) is 17.8 Å². The van der Waals surface area contributed by atoms with Crippen LogP contribution in [0.15, 0.2) is 22.8 Å². The van der Waals surface area contributed by atoms with E-state index in [-0.39, 0.29) is 5.97 Å². The first-order valence-corrected chi connectivity index (χ1v) is 5.76. The quantitative estimate of drug-likeness (QED) is 0.547. The number of carbonyl (C=O) groups is 1. The van der Waals surface area contributed by atoms with E-state index in [2.05, 4.69) is 6.92 Å². The maximum Gasteiger partial charge on any atom is 0.330 e. The van der Waals surface area contributed by atoms with Gasteiger partial charge in [-0.1, -0.05) is 24.6 Å². The van der Waals surface area contributed by atoms with E-state index in [4.69, 9.17) is 16.3 Å². The van der Waals surface area contributed by atoms with Gasteiger partial charge in [-0.3, -0.25) is 0 Å². The lowest BCUT2D eigenvalue weighted by Gasteiger charge is -2.01. The number of halogens is 1. The Morgan fingerprint density at radius 2 is 2.40 bits per heavy atom. The Kier molecular flexibility index (Phi) is 2.87. The highest BCUT2D eigenvalue weighted by Gasteiger charge is 2.52. The predicted molar refractivity (Wildman–Crippen MR) is 59.4 cm³/mol. The van der Waals surface area contributed by atoms with E-state index in [0.717, 1.165) is 28.9 Å². The number of esters is 1. The molecule has 2 aliphatic rings. The van der Waals surface area contributed by atoms with Crippen LogP contribution >= 0.6 is 11.6 Å². The number of ether oxygens (including phenoxy) is 1. The van der Waals surface area contributed by atoms with Crippen molar-refractivity contribution in [2.75, 3.05) is 6.61 Å². The molecule has 0 N–H and O–H groups in total. The molecule has 0 heterocycles. The summed E-state index contributed by atoms with van der Waals surface area (Å²) < 4.78 is 4.82. The molecule has 82 valence electrons. The molecule has 1 fully saturated rings. The van der Waals surface area contributed by atoms with Crippen LogP contribution in [-0.2, 0) is 9.53 Å². The van der Waals surface area contributed by atoms with E-state index in [1.54, 1.807) is 6.92 Å². The monoisotopic (exact) mass is 226 g/mol. The van der Waals surface area contributed by atoms with Gasteiger partial charge in [0, 0.05) is 11.1 Å². The summed E-state index contributed by atoms with van der Waals surface area (Å²) in [5.74, 6) is 1.75. The summed E-state index contributed by atoms with van der Waals surface area (Å²) in [6.45, 7) is 4.45. The molecule has 2 aliphatic carbocycles. The van der Waals surface area contributed by atoms with Crippen LogP contribution < -0.4 is 0 Å². The molecule has 3 atom stereocenters. The Hall–Kier alpha value is -0.760. The molecule has 0 spiro atoms. The first-order chi connectivity index (χ1) is 7.15. The van der Waals surface area contributed by atoms with Gasteiger partial charge in [0.15, 0.2) is 0 Å². The number of allylic oxidation sites excluding steroid dienone is 3. The molecule has 2 rings (SSSR count). The summed E-state index contributed by atoms with van der Waals surface area (Å²) in [6.07, 6.45) is 4.29. The Morgan fingerprint density at radius 1 is 1.67 bits per heavy atom. The Balaban J connectivity index is 2.00. The van der Waals surface area contributed by atoms with Crippen LogP contribution in [0.2, 0.25) is 0 Å². The van der Waals surface area contributed by atoms with E-state index < -0.39 is 0 Å². The Labute approximate surface area is 94.9 Å². The molecule has 0 aromatic heterocycles. The number of hydrogen-bond acceptors (Lipinski definition) is 2. The Morgan fingerprint density at radius 3 is 3.00 bits per heavy atom. The van der Waals surface area contributed by atoms with E-state index in [0.29, 0.717) is 12.5 Å². The van der Waals surface area contributed by atoms with Gasteiger partial charge >= 0.3 is 5.97 Å². The van der Waals surface area contributed by atoms with Gasteiger partial charge < -0.3 is 4.74 Å². The summed E-state index contributed by atoms with van der Waals surface area (Å²) in [5, 5.41) is 0.920. The summed E-state index contributed by atoms with van der Waals surface area (Å²) in [6, 6.07) is 0. The third kappa shape index (κ3) is 1.96. The largest absolute Gasteiger partial charge is 0.463 e. The minimum Gasteiger partial charge on any atom is -0.463 e. The Bertz CT molecular complexity index is 344. The first-order valence-electron chi connectivity index (χ1n) is 5.38. The molecule has 0 radical (unpaired) electrons. The standard InChI is InChI=1S/C12H15ClO2/c1-3-15-11(14)5-4-8-10(13)6-9-7(2)12(8)9/h4-5,7,9,12H,3,6H2,1-2H3/b5-4+/t7-,9+,12+/m0/s1. The molecule has 0 aromatic rings. The molecular weight excluding hydrogens is 212 g/mol. The summed E-state index contributed by atoms with van der Waals surface area (Å²) >= 11 is 6.11. The maximum absolute atomic E-state index is 11.1. The summed E-state index contributed by atoms with van der Waals surface area (Å²) in [4.78, 5) is 11.1. The fourth-order valence-corrected chi connectivity index (χ4v) is 2.79. The van der Waals surface area contributed by atoms with Gasteiger partial charge in [-0.25, -0.2) is 4.79 Å². The zero-order valence-electron chi connectivity index (χ0n) is 9.00. The minimum absolute atomic E-state index is 0.286. The highest BCUT2D eigenvalue weighted by Crippen LogP contribution is 2.60. The lowest BCUT2D eigenvalue weighted by Crippen LogP contribution is -1.99. The predicted octanol–water partition coefficient (Wildman–Crippen LogP) is 2.88. The van der Waals surface area contributed by atoms with Gasteiger partial charge in [0.05, 0.1) is 6.61 Å². The van der Waals surface area contributed by atoms with Gasteiger partial charge in [-0.2, -0.15) is 0 Å². The molecule has 1 saturated carbocycles. The molecule has 3 heteroatoms. The minimum atomic E-state index is -0.286. The molecule has 0 aliphatic heterocycles. The average molecular weight is 227 g/mol. The van der Waals surface area contributed by atoms with Crippen molar-refractivity contribution in [3.8, 4) is 0 Å². The van der Waals surface area contributed by atoms with Crippen molar-refractivity contribution in [3.05, 3.63) is 22.8 Å². The van der Waals surface area contributed by atoms with Crippen molar-refractivity contribution in [1.82, 2.24) is 0 Å². The molecule has 0 amide bonds. The van der Waals surface area contributed by atoms with E-state index in [9.17, 15) is 4.79 Å². The van der Waals surface area contributed by atoms with E-state index in [1.807, 2.05) is 6.08 Å². The second-order valence-corrected chi connectivity index (χ2v) is 4.65. The van der Waals surface area contributed by atoms with Crippen LogP contribution in [0.1, 0.15) is 20.3 Å². The van der Waals surface area contributed by atoms with Gasteiger partial charge in [0.25, 0.3) is 0 Å². The normalized spacial score (nSPS) is 33.4. The summed E-state index contributed by atoms with van der Waals surface area (Å²) in [5.41, 5.74) is 1.14. The van der Waals surface area contributed by atoms with Crippen molar-refractivity contribution >= 4 is 17.6 Å².